The minimum Gasteiger partial charge on any atom is -0.407 e. The predicted molar refractivity (Wildman–Crippen MR) is 62.9 cm³/mol. The lowest BCUT2D eigenvalue weighted by molar-refractivity contribution is 0.0705. The second-order valence-corrected chi connectivity index (χ2v) is 3.42. The first-order valence-electron chi connectivity index (χ1n) is 5.64. The molecule has 7 heteroatoms. The largest absolute Gasteiger partial charge is 0.407 e. The molecule has 0 saturated heterocycles. The Morgan fingerprint density at radius 3 is 2.88 bits per heavy atom. The van der Waals surface area contributed by atoms with Gasteiger partial charge in [0.1, 0.15) is 0 Å². The summed E-state index contributed by atoms with van der Waals surface area (Å²) in [5, 5.41) is 13.7. The van der Waals surface area contributed by atoms with Crippen molar-refractivity contribution in [2.24, 2.45) is 0 Å². The maximum absolute atomic E-state index is 5.31. The second kappa shape index (κ2) is 8.91. The molecule has 0 fully saturated rings. The molecule has 0 atom stereocenters. The number of hydrogen-bond donors (Lipinski definition) is 2. The number of aromatic nitrogens is 2. The molecule has 2 N–H and O–H groups in total. The zero-order valence-corrected chi connectivity index (χ0v) is 10.4. The molecule has 1 aromatic rings. The highest BCUT2D eigenvalue weighted by Crippen LogP contribution is 2.04. The van der Waals surface area contributed by atoms with Crippen LogP contribution in [0.5, 0.6) is 0 Å². The summed E-state index contributed by atoms with van der Waals surface area (Å²) in [5.41, 5.74) is 0. The lowest BCUT2D eigenvalue weighted by Crippen LogP contribution is -2.08. The Morgan fingerprint density at radius 2 is 2.12 bits per heavy atom. The van der Waals surface area contributed by atoms with Crippen LogP contribution in [0.4, 0.5) is 6.01 Å². The molecule has 0 amide bonds. The number of nitrogens with one attached hydrogen (secondary N) is 2. The van der Waals surface area contributed by atoms with Crippen molar-refractivity contribution in [3.05, 3.63) is 5.89 Å². The van der Waals surface area contributed by atoms with Gasteiger partial charge in [0.05, 0.1) is 19.8 Å². The maximum atomic E-state index is 5.31. The van der Waals surface area contributed by atoms with Gasteiger partial charge in [-0.2, -0.15) is 0 Å². The fraction of sp³-hybridized carbons (Fsp3) is 0.800. The Labute approximate surface area is 101 Å². The van der Waals surface area contributed by atoms with E-state index in [1.165, 1.54) is 0 Å². The van der Waals surface area contributed by atoms with Crippen molar-refractivity contribution in [3.63, 3.8) is 0 Å². The molecule has 0 aliphatic heterocycles. The normalized spacial score (nSPS) is 10.7. The van der Waals surface area contributed by atoms with Gasteiger partial charge in [0.15, 0.2) is 0 Å². The van der Waals surface area contributed by atoms with Crippen molar-refractivity contribution in [2.75, 3.05) is 45.8 Å². The number of methoxy groups -OCH3 is 1. The summed E-state index contributed by atoms with van der Waals surface area (Å²) in [5.74, 6) is 0.575. The fourth-order valence-corrected chi connectivity index (χ4v) is 1.16. The number of hydrogen-bond acceptors (Lipinski definition) is 7. The van der Waals surface area contributed by atoms with Crippen LogP contribution in [0.3, 0.4) is 0 Å². The van der Waals surface area contributed by atoms with Crippen molar-refractivity contribution in [1.82, 2.24) is 15.5 Å². The molecule has 1 heterocycles. The summed E-state index contributed by atoms with van der Waals surface area (Å²) in [6.07, 6.45) is 0.882. The van der Waals surface area contributed by atoms with Crippen LogP contribution in [0.2, 0.25) is 0 Å². The van der Waals surface area contributed by atoms with E-state index in [0.29, 0.717) is 38.3 Å². The summed E-state index contributed by atoms with van der Waals surface area (Å²) >= 11 is 0. The van der Waals surface area contributed by atoms with Gasteiger partial charge < -0.3 is 24.5 Å². The van der Waals surface area contributed by atoms with Gasteiger partial charge in [0.2, 0.25) is 5.89 Å². The molecule has 0 spiro atoms. The van der Waals surface area contributed by atoms with E-state index in [1.807, 2.05) is 7.05 Å². The second-order valence-electron chi connectivity index (χ2n) is 3.42. The van der Waals surface area contributed by atoms with Gasteiger partial charge >= 0.3 is 6.01 Å². The standard InChI is InChI=1S/C10H20N4O3/c1-11-8-9-13-14-10(17-9)12-4-3-5-16-7-6-15-2/h11H,3-8H2,1-2H3,(H,12,14). The number of ether oxygens (including phenoxy) is 2. The Bertz CT molecular complexity index is 293. The molecule has 0 radical (unpaired) electrons. The minimum atomic E-state index is 0.451. The molecule has 0 bridgehead atoms. The monoisotopic (exact) mass is 244 g/mol. The van der Waals surface area contributed by atoms with Crippen LogP contribution < -0.4 is 10.6 Å². The van der Waals surface area contributed by atoms with Crippen molar-refractivity contribution < 1.29 is 13.9 Å². The van der Waals surface area contributed by atoms with Crippen LogP contribution in [0, 0.1) is 0 Å². The average molecular weight is 244 g/mol. The highest BCUT2D eigenvalue weighted by atomic mass is 16.5. The number of anilines is 1. The molecule has 0 aliphatic rings. The van der Waals surface area contributed by atoms with Gasteiger partial charge in [-0.1, -0.05) is 5.10 Å². The van der Waals surface area contributed by atoms with Crippen molar-refractivity contribution >= 4 is 6.01 Å². The van der Waals surface area contributed by atoms with Crippen LogP contribution in [0.15, 0.2) is 4.42 Å². The van der Waals surface area contributed by atoms with Crippen molar-refractivity contribution in [3.8, 4) is 0 Å². The highest BCUT2D eigenvalue weighted by Gasteiger charge is 2.03. The lowest BCUT2D eigenvalue weighted by atomic mass is 10.4. The van der Waals surface area contributed by atoms with E-state index in [9.17, 15) is 0 Å². The van der Waals surface area contributed by atoms with E-state index < -0.39 is 0 Å². The highest BCUT2D eigenvalue weighted by molar-refractivity contribution is 5.16. The molecule has 1 rings (SSSR count). The van der Waals surface area contributed by atoms with E-state index >= 15 is 0 Å². The molecule has 17 heavy (non-hydrogen) atoms. The van der Waals surface area contributed by atoms with E-state index in [-0.39, 0.29) is 0 Å². The minimum absolute atomic E-state index is 0.451. The molecule has 0 aliphatic carbocycles. The summed E-state index contributed by atoms with van der Waals surface area (Å²) < 4.78 is 15.5. The molecular formula is C10H20N4O3. The third kappa shape index (κ3) is 6.20. The molecule has 0 aromatic carbocycles. The summed E-state index contributed by atoms with van der Waals surface area (Å²) in [4.78, 5) is 0. The van der Waals surface area contributed by atoms with E-state index in [2.05, 4.69) is 20.8 Å². The Kier molecular flexibility index (Phi) is 7.28. The summed E-state index contributed by atoms with van der Waals surface area (Å²) in [6.45, 7) is 3.27. The zero-order valence-electron chi connectivity index (χ0n) is 10.4. The maximum Gasteiger partial charge on any atom is 0.315 e. The number of rotatable bonds is 10. The van der Waals surface area contributed by atoms with Crippen LogP contribution in [-0.4, -0.2) is 50.7 Å². The topological polar surface area (TPSA) is 81.4 Å². The zero-order chi connectivity index (χ0) is 12.3. The van der Waals surface area contributed by atoms with E-state index in [1.54, 1.807) is 7.11 Å². The van der Waals surface area contributed by atoms with E-state index in [0.717, 1.165) is 13.0 Å². The van der Waals surface area contributed by atoms with Gasteiger partial charge in [0.25, 0.3) is 0 Å². The van der Waals surface area contributed by atoms with Crippen molar-refractivity contribution in [1.29, 1.82) is 0 Å². The third-order valence-electron chi connectivity index (χ3n) is 1.97. The van der Waals surface area contributed by atoms with Crippen molar-refractivity contribution in [2.45, 2.75) is 13.0 Å². The van der Waals surface area contributed by atoms with Crippen LogP contribution >= 0.6 is 0 Å². The first-order chi connectivity index (χ1) is 8.36. The van der Waals surface area contributed by atoms with Gasteiger partial charge in [-0.3, -0.25) is 0 Å². The predicted octanol–water partition coefficient (Wildman–Crippen LogP) is 0.254. The molecular weight excluding hydrogens is 224 g/mol. The van der Waals surface area contributed by atoms with Gasteiger partial charge in [0, 0.05) is 20.3 Å². The third-order valence-corrected chi connectivity index (χ3v) is 1.97. The number of nitrogens with zero attached hydrogens (tertiary/aromatic N) is 2. The SMILES string of the molecule is CNCc1nnc(NCCCOCCOC)o1. The summed E-state index contributed by atoms with van der Waals surface area (Å²) in [7, 11) is 3.48. The Morgan fingerprint density at radius 1 is 1.24 bits per heavy atom. The first-order valence-corrected chi connectivity index (χ1v) is 5.64. The van der Waals surface area contributed by atoms with Gasteiger partial charge in [-0.25, -0.2) is 0 Å². The van der Waals surface area contributed by atoms with Gasteiger partial charge in [-0.05, 0) is 13.5 Å². The van der Waals surface area contributed by atoms with Crippen LogP contribution in [0.1, 0.15) is 12.3 Å². The van der Waals surface area contributed by atoms with E-state index in [4.69, 9.17) is 13.9 Å². The Balaban J connectivity index is 2.01. The molecule has 1 aromatic heterocycles. The van der Waals surface area contributed by atoms with Crippen LogP contribution in [-0.2, 0) is 16.0 Å². The smallest absolute Gasteiger partial charge is 0.315 e. The van der Waals surface area contributed by atoms with Crippen LogP contribution in [0.25, 0.3) is 0 Å². The fourth-order valence-electron chi connectivity index (χ4n) is 1.16. The Hall–Kier alpha value is -1.18. The average Bonchev–Trinajstić information content (AvgIpc) is 2.76. The molecule has 7 nitrogen and oxygen atoms in total. The lowest BCUT2D eigenvalue weighted by Gasteiger charge is -2.03. The quantitative estimate of drug-likeness (QED) is 0.571. The molecule has 0 saturated carbocycles. The first kappa shape index (κ1) is 13.9. The molecule has 0 unspecified atom stereocenters. The summed E-state index contributed by atoms with van der Waals surface area (Å²) in [6, 6.07) is 0.451. The van der Waals surface area contributed by atoms with Gasteiger partial charge in [-0.15, -0.1) is 5.10 Å². The molecule has 98 valence electrons.